The Kier molecular flexibility index (Phi) is 4.81. The van der Waals surface area contributed by atoms with Crippen molar-refractivity contribution in [2.75, 3.05) is 23.6 Å². The third-order valence-corrected chi connectivity index (χ3v) is 3.57. The van der Waals surface area contributed by atoms with Gasteiger partial charge in [-0.3, -0.25) is 0 Å². The molecule has 5 heteroatoms. The maximum absolute atomic E-state index is 13.3. The second kappa shape index (κ2) is 5.69. The van der Waals surface area contributed by atoms with E-state index in [-0.39, 0.29) is 11.1 Å². The summed E-state index contributed by atoms with van der Waals surface area (Å²) in [5.74, 6) is -0.481. The fourth-order valence-electron chi connectivity index (χ4n) is 1.07. The minimum Gasteiger partial charge on any atom is -0.382 e. The van der Waals surface area contributed by atoms with Crippen LogP contribution in [0.15, 0.2) is 18.2 Å². The molecule has 90 valence electrons. The van der Waals surface area contributed by atoms with Crippen LogP contribution in [0.3, 0.4) is 0 Å². The molecule has 0 bridgehead atoms. The molecular weight excluding hydrogens is 255 g/mol. The largest absolute Gasteiger partial charge is 0.382 e. The van der Waals surface area contributed by atoms with Gasteiger partial charge in [0, 0.05) is 29.8 Å². The molecule has 0 saturated heterocycles. The van der Waals surface area contributed by atoms with Gasteiger partial charge in [-0.05, 0) is 12.1 Å². The van der Waals surface area contributed by atoms with Crippen LogP contribution in [0.5, 0.6) is 0 Å². The van der Waals surface area contributed by atoms with E-state index in [1.54, 1.807) is 0 Å². The van der Waals surface area contributed by atoms with Gasteiger partial charge < -0.3 is 5.32 Å². The lowest BCUT2D eigenvalue weighted by molar-refractivity contribution is 0.456. The van der Waals surface area contributed by atoms with E-state index in [1.165, 1.54) is 12.1 Å². The second-order valence-corrected chi connectivity index (χ2v) is 4.59. The zero-order valence-electron chi connectivity index (χ0n) is 8.87. The molecule has 0 aliphatic heterocycles. The summed E-state index contributed by atoms with van der Waals surface area (Å²) in [6.07, 6.45) is 0. The average Bonchev–Trinajstić information content (AvgIpc) is 2.27. The molecule has 0 heterocycles. The van der Waals surface area contributed by atoms with Gasteiger partial charge in [-0.2, -0.15) is 0 Å². The molecule has 0 spiro atoms. The van der Waals surface area contributed by atoms with Crippen LogP contribution in [-0.4, -0.2) is 18.3 Å². The van der Waals surface area contributed by atoms with Gasteiger partial charge in [0.1, 0.15) is 11.6 Å². The third kappa shape index (κ3) is 3.49. The first-order chi connectivity index (χ1) is 7.50. The molecule has 1 aromatic rings. The summed E-state index contributed by atoms with van der Waals surface area (Å²) in [5, 5.41) is 2.87. The molecule has 16 heavy (non-hydrogen) atoms. The van der Waals surface area contributed by atoms with Crippen LogP contribution >= 0.6 is 23.2 Å². The number of alkyl halides is 2. The molecule has 0 atom stereocenters. The van der Waals surface area contributed by atoms with Gasteiger partial charge in [0.25, 0.3) is 0 Å². The summed E-state index contributed by atoms with van der Waals surface area (Å²) in [7, 11) is 0. The topological polar surface area (TPSA) is 12.0 Å². The van der Waals surface area contributed by atoms with E-state index in [0.29, 0.717) is 18.3 Å². The summed E-state index contributed by atoms with van der Waals surface area (Å²) in [5.41, 5.74) is -0.0629. The number of hydrogen-bond acceptors (Lipinski definition) is 1. The van der Waals surface area contributed by atoms with E-state index in [9.17, 15) is 8.78 Å². The highest BCUT2D eigenvalue weighted by Gasteiger charge is 2.22. The molecule has 1 aromatic carbocycles. The van der Waals surface area contributed by atoms with Crippen molar-refractivity contribution in [3.05, 3.63) is 29.8 Å². The van der Waals surface area contributed by atoms with Gasteiger partial charge in [-0.15, -0.1) is 23.2 Å². The minimum absolute atomic E-state index is 0.253. The first-order valence-electron chi connectivity index (χ1n) is 4.81. The van der Waals surface area contributed by atoms with Crippen molar-refractivity contribution in [2.24, 2.45) is 5.41 Å². The van der Waals surface area contributed by atoms with Crippen LogP contribution in [0, 0.1) is 17.0 Å². The van der Waals surface area contributed by atoms with Crippen molar-refractivity contribution in [1.29, 1.82) is 0 Å². The zero-order chi connectivity index (χ0) is 12.2. The van der Waals surface area contributed by atoms with Crippen LogP contribution in [0.25, 0.3) is 0 Å². The quantitative estimate of drug-likeness (QED) is 0.799. The minimum atomic E-state index is -0.619. The standard InChI is InChI=1S/C11H13Cl2F2N/c1-11(5-12,6-13)7-16-10-3-2-8(14)4-9(10)15/h2-4,16H,5-7H2,1H3. The monoisotopic (exact) mass is 267 g/mol. The van der Waals surface area contributed by atoms with Crippen molar-refractivity contribution in [1.82, 2.24) is 0 Å². The first-order valence-corrected chi connectivity index (χ1v) is 5.88. The van der Waals surface area contributed by atoms with Crippen molar-refractivity contribution in [2.45, 2.75) is 6.92 Å². The smallest absolute Gasteiger partial charge is 0.149 e. The first kappa shape index (κ1) is 13.5. The lowest BCUT2D eigenvalue weighted by Gasteiger charge is -2.25. The van der Waals surface area contributed by atoms with Crippen molar-refractivity contribution in [3.8, 4) is 0 Å². The molecule has 0 unspecified atom stereocenters. The lowest BCUT2D eigenvalue weighted by atomic mass is 9.96. The Morgan fingerprint density at radius 2 is 1.88 bits per heavy atom. The summed E-state index contributed by atoms with van der Waals surface area (Å²) < 4.78 is 25.9. The number of halogens is 4. The molecular formula is C11H13Cl2F2N. The highest BCUT2D eigenvalue weighted by atomic mass is 35.5. The Bertz CT molecular complexity index is 354. The molecule has 0 amide bonds. The van der Waals surface area contributed by atoms with E-state index in [1.807, 2.05) is 6.92 Å². The zero-order valence-corrected chi connectivity index (χ0v) is 10.4. The summed E-state index contributed by atoms with van der Waals surface area (Å²) in [6, 6.07) is 3.39. The van der Waals surface area contributed by atoms with Crippen LogP contribution in [0.1, 0.15) is 6.92 Å². The van der Waals surface area contributed by atoms with Gasteiger partial charge in [0.2, 0.25) is 0 Å². The predicted octanol–water partition coefficient (Wildman–Crippen LogP) is 3.86. The second-order valence-electron chi connectivity index (χ2n) is 4.06. The van der Waals surface area contributed by atoms with E-state index in [2.05, 4.69) is 5.32 Å². The van der Waals surface area contributed by atoms with Gasteiger partial charge in [0.15, 0.2) is 0 Å². The van der Waals surface area contributed by atoms with Crippen LogP contribution in [0.4, 0.5) is 14.5 Å². The van der Waals surface area contributed by atoms with Crippen LogP contribution in [-0.2, 0) is 0 Å². The Morgan fingerprint density at radius 1 is 1.25 bits per heavy atom. The molecule has 1 nitrogen and oxygen atoms in total. The molecule has 0 fully saturated rings. The van der Waals surface area contributed by atoms with E-state index in [4.69, 9.17) is 23.2 Å². The normalized spacial score (nSPS) is 11.6. The summed E-state index contributed by atoms with van der Waals surface area (Å²) >= 11 is 11.5. The summed E-state index contributed by atoms with van der Waals surface area (Å²) in [6.45, 7) is 2.32. The van der Waals surface area contributed by atoms with Crippen molar-refractivity contribution in [3.63, 3.8) is 0 Å². The Hall–Kier alpha value is -0.540. The number of nitrogens with one attached hydrogen (secondary N) is 1. The molecule has 0 radical (unpaired) electrons. The highest BCUT2D eigenvalue weighted by Crippen LogP contribution is 2.22. The number of hydrogen-bond donors (Lipinski definition) is 1. The van der Waals surface area contributed by atoms with E-state index < -0.39 is 11.6 Å². The fraction of sp³-hybridized carbons (Fsp3) is 0.455. The number of rotatable bonds is 5. The maximum atomic E-state index is 13.3. The van der Waals surface area contributed by atoms with Gasteiger partial charge in [-0.25, -0.2) is 8.78 Å². The summed E-state index contributed by atoms with van der Waals surface area (Å²) in [4.78, 5) is 0. The van der Waals surface area contributed by atoms with Crippen LogP contribution in [0.2, 0.25) is 0 Å². The Morgan fingerprint density at radius 3 is 2.38 bits per heavy atom. The number of anilines is 1. The fourth-order valence-corrected chi connectivity index (χ4v) is 1.55. The van der Waals surface area contributed by atoms with Crippen LogP contribution < -0.4 is 5.32 Å². The van der Waals surface area contributed by atoms with Gasteiger partial charge >= 0.3 is 0 Å². The molecule has 0 aromatic heterocycles. The molecule has 1 N–H and O–H groups in total. The maximum Gasteiger partial charge on any atom is 0.149 e. The Labute approximate surface area is 104 Å². The van der Waals surface area contributed by atoms with E-state index in [0.717, 1.165) is 6.07 Å². The average molecular weight is 268 g/mol. The SMILES string of the molecule is CC(CCl)(CCl)CNc1ccc(F)cc1F. The lowest BCUT2D eigenvalue weighted by Crippen LogP contribution is -2.30. The van der Waals surface area contributed by atoms with Crippen molar-refractivity contribution >= 4 is 28.9 Å². The Balaban J connectivity index is 2.67. The van der Waals surface area contributed by atoms with E-state index >= 15 is 0 Å². The molecule has 0 saturated carbocycles. The number of benzene rings is 1. The third-order valence-electron chi connectivity index (χ3n) is 2.28. The molecule has 1 rings (SSSR count). The predicted molar refractivity (Wildman–Crippen MR) is 64.4 cm³/mol. The van der Waals surface area contributed by atoms with Crippen molar-refractivity contribution < 1.29 is 8.78 Å². The highest BCUT2D eigenvalue weighted by molar-refractivity contribution is 6.21. The van der Waals surface area contributed by atoms with Gasteiger partial charge in [-0.1, -0.05) is 6.92 Å². The molecule has 0 aliphatic carbocycles. The molecule has 0 aliphatic rings. The van der Waals surface area contributed by atoms with Gasteiger partial charge in [0.05, 0.1) is 5.69 Å².